The van der Waals surface area contributed by atoms with Crippen LogP contribution in [0.1, 0.15) is 5.56 Å². The maximum atomic E-state index is 6.21. The normalized spacial score (nSPS) is 12.4. The number of nitrogens with two attached hydrogens (primary N) is 1. The smallest absolute Gasteiger partial charge is 0.0207 e. The van der Waals surface area contributed by atoms with Crippen molar-refractivity contribution in [1.29, 1.82) is 0 Å². The van der Waals surface area contributed by atoms with Crippen LogP contribution in [0.4, 0.5) is 0 Å². The third-order valence-corrected chi connectivity index (χ3v) is 5.15. The summed E-state index contributed by atoms with van der Waals surface area (Å²) in [5.41, 5.74) is 7.48. The van der Waals surface area contributed by atoms with Crippen LogP contribution in [0, 0.1) is 0 Å². The van der Waals surface area contributed by atoms with E-state index in [9.17, 15) is 0 Å². The number of thioether (sulfide) groups is 1. The van der Waals surface area contributed by atoms with Gasteiger partial charge in [0, 0.05) is 25.6 Å². The fraction of sp³-hybridized carbons (Fsp3) is 0.200. The average Bonchev–Trinajstić information content (AvgIpc) is 2.39. The Morgan fingerprint density at radius 2 is 1.84 bits per heavy atom. The fourth-order valence-corrected chi connectivity index (χ4v) is 3.67. The molecular formula is C15H15Br2NS. The van der Waals surface area contributed by atoms with Crippen molar-refractivity contribution in [2.75, 3.05) is 5.75 Å². The molecule has 0 spiro atoms. The molecule has 0 radical (unpaired) electrons. The molecule has 0 saturated heterocycles. The molecule has 4 heteroatoms. The minimum atomic E-state index is 0.155. The molecule has 0 aromatic heterocycles. The highest BCUT2D eigenvalue weighted by Gasteiger charge is 2.07. The van der Waals surface area contributed by atoms with Gasteiger partial charge in [-0.15, -0.1) is 11.8 Å². The summed E-state index contributed by atoms with van der Waals surface area (Å²) >= 11 is 8.84. The van der Waals surface area contributed by atoms with Gasteiger partial charge in [0.25, 0.3) is 0 Å². The van der Waals surface area contributed by atoms with Crippen molar-refractivity contribution in [3.05, 3.63) is 63.0 Å². The van der Waals surface area contributed by atoms with Crippen LogP contribution in [-0.2, 0) is 6.42 Å². The van der Waals surface area contributed by atoms with E-state index in [1.165, 1.54) is 10.5 Å². The van der Waals surface area contributed by atoms with Gasteiger partial charge in [0.2, 0.25) is 0 Å². The van der Waals surface area contributed by atoms with E-state index in [0.29, 0.717) is 0 Å². The molecule has 0 aliphatic heterocycles. The predicted molar refractivity (Wildman–Crippen MR) is 90.7 cm³/mol. The summed E-state index contributed by atoms with van der Waals surface area (Å²) in [4.78, 5) is 1.25. The molecule has 0 aliphatic carbocycles. The summed E-state index contributed by atoms with van der Waals surface area (Å²) in [6, 6.07) is 16.7. The van der Waals surface area contributed by atoms with Crippen molar-refractivity contribution in [2.45, 2.75) is 17.4 Å². The zero-order valence-electron chi connectivity index (χ0n) is 10.4. The lowest BCUT2D eigenvalue weighted by Gasteiger charge is -2.12. The Kier molecular flexibility index (Phi) is 5.95. The SMILES string of the molecule is NC(CSc1cccc(Br)c1)Cc1ccccc1Br. The Bertz CT molecular complexity index is 545. The van der Waals surface area contributed by atoms with Crippen LogP contribution < -0.4 is 5.73 Å². The molecule has 1 nitrogen and oxygen atoms in total. The number of halogens is 2. The van der Waals surface area contributed by atoms with Gasteiger partial charge >= 0.3 is 0 Å². The summed E-state index contributed by atoms with van der Waals surface area (Å²) in [5, 5.41) is 0. The van der Waals surface area contributed by atoms with Crippen LogP contribution in [0.3, 0.4) is 0 Å². The Labute approximate surface area is 135 Å². The molecule has 0 aliphatic rings. The van der Waals surface area contributed by atoms with Gasteiger partial charge in [0.1, 0.15) is 0 Å². The first kappa shape index (κ1) is 15.1. The third-order valence-electron chi connectivity index (χ3n) is 2.70. The molecule has 0 saturated carbocycles. The van der Waals surface area contributed by atoms with Gasteiger partial charge in [-0.2, -0.15) is 0 Å². The van der Waals surface area contributed by atoms with Gasteiger partial charge in [-0.1, -0.05) is 56.1 Å². The number of hydrogen-bond donors (Lipinski definition) is 1. The highest BCUT2D eigenvalue weighted by Crippen LogP contribution is 2.24. The quantitative estimate of drug-likeness (QED) is 0.724. The Morgan fingerprint density at radius 3 is 2.58 bits per heavy atom. The van der Waals surface area contributed by atoms with Gasteiger partial charge in [-0.05, 0) is 36.2 Å². The molecule has 0 bridgehead atoms. The lowest BCUT2D eigenvalue weighted by atomic mass is 10.1. The Morgan fingerprint density at radius 1 is 1.05 bits per heavy atom. The van der Waals surface area contributed by atoms with Crippen LogP contribution in [0.2, 0.25) is 0 Å². The summed E-state index contributed by atoms with van der Waals surface area (Å²) in [7, 11) is 0. The van der Waals surface area contributed by atoms with E-state index >= 15 is 0 Å². The topological polar surface area (TPSA) is 26.0 Å². The van der Waals surface area contributed by atoms with Gasteiger partial charge in [0.15, 0.2) is 0 Å². The van der Waals surface area contributed by atoms with Crippen LogP contribution in [0.5, 0.6) is 0 Å². The molecular weight excluding hydrogens is 386 g/mol. The summed E-state index contributed by atoms with van der Waals surface area (Å²) < 4.78 is 2.25. The molecule has 0 amide bonds. The molecule has 0 heterocycles. The van der Waals surface area contributed by atoms with Crippen molar-refractivity contribution < 1.29 is 0 Å². The van der Waals surface area contributed by atoms with Crippen molar-refractivity contribution >= 4 is 43.6 Å². The van der Waals surface area contributed by atoms with Crippen molar-refractivity contribution in [3.63, 3.8) is 0 Å². The number of rotatable bonds is 5. The van der Waals surface area contributed by atoms with Crippen LogP contribution >= 0.6 is 43.6 Å². The predicted octanol–water partition coefficient (Wildman–Crippen LogP) is 4.87. The minimum Gasteiger partial charge on any atom is -0.327 e. The Balaban J connectivity index is 1.88. The van der Waals surface area contributed by atoms with Crippen molar-refractivity contribution in [3.8, 4) is 0 Å². The minimum absolute atomic E-state index is 0.155. The highest BCUT2D eigenvalue weighted by atomic mass is 79.9. The second-order valence-corrected chi connectivity index (χ2v) is 7.19. The number of hydrogen-bond acceptors (Lipinski definition) is 2. The van der Waals surface area contributed by atoms with E-state index in [1.807, 2.05) is 24.3 Å². The fourth-order valence-electron chi connectivity index (χ4n) is 1.77. The van der Waals surface area contributed by atoms with E-state index in [-0.39, 0.29) is 6.04 Å². The molecule has 2 aromatic carbocycles. The molecule has 1 unspecified atom stereocenters. The first-order chi connectivity index (χ1) is 9.15. The Hall–Kier alpha value is -0.290. The van der Waals surface area contributed by atoms with E-state index in [0.717, 1.165) is 21.1 Å². The first-order valence-electron chi connectivity index (χ1n) is 6.02. The van der Waals surface area contributed by atoms with Gasteiger partial charge in [-0.25, -0.2) is 0 Å². The van der Waals surface area contributed by atoms with Crippen molar-refractivity contribution in [2.24, 2.45) is 5.73 Å². The second-order valence-electron chi connectivity index (χ2n) is 4.32. The molecule has 0 fully saturated rings. The molecule has 2 N–H and O–H groups in total. The van der Waals surface area contributed by atoms with E-state index < -0.39 is 0 Å². The van der Waals surface area contributed by atoms with Crippen LogP contribution in [-0.4, -0.2) is 11.8 Å². The third kappa shape index (κ3) is 4.95. The largest absolute Gasteiger partial charge is 0.327 e. The maximum absolute atomic E-state index is 6.21. The summed E-state index contributed by atoms with van der Waals surface area (Å²) in [5.74, 6) is 0.914. The molecule has 100 valence electrons. The summed E-state index contributed by atoms with van der Waals surface area (Å²) in [6.07, 6.45) is 0.891. The molecule has 2 rings (SSSR count). The summed E-state index contributed by atoms with van der Waals surface area (Å²) in [6.45, 7) is 0. The van der Waals surface area contributed by atoms with Gasteiger partial charge in [-0.3, -0.25) is 0 Å². The highest BCUT2D eigenvalue weighted by molar-refractivity contribution is 9.10. The lowest BCUT2D eigenvalue weighted by Crippen LogP contribution is -2.25. The van der Waals surface area contributed by atoms with E-state index in [4.69, 9.17) is 5.73 Å². The molecule has 2 aromatic rings. The first-order valence-corrected chi connectivity index (χ1v) is 8.59. The van der Waals surface area contributed by atoms with Gasteiger partial charge < -0.3 is 5.73 Å². The van der Waals surface area contributed by atoms with E-state index in [2.05, 4.69) is 56.1 Å². The van der Waals surface area contributed by atoms with Crippen LogP contribution in [0.15, 0.2) is 62.4 Å². The monoisotopic (exact) mass is 399 g/mol. The average molecular weight is 401 g/mol. The second kappa shape index (κ2) is 7.48. The van der Waals surface area contributed by atoms with Crippen molar-refractivity contribution in [1.82, 2.24) is 0 Å². The molecule has 1 atom stereocenters. The standard InChI is InChI=1S/C15H15Br2NS/c16-12-5-3-6-14(9-12)19-10-13(18)8-11-4-1-2-7-15(11)17/h1-7,9,13H,8,10,18H2. The molecule has 19 heavy (non-hydrogen) atoms. The number of benzene rings is 2. The van der Waals surface area contributed by atoms with E-state index in [1.54, 1.807) is 11.8 Å². The van der Waals surface area contributed by atoms with Crippen LogP contribution in [0.25, 0.3) is 0 Å². The van der Waals surface area contributed by atoms with Gasteiger partial charge in [0.05, 0.1) is 0 Å². The zero-order valence-corrected chi connectivity index (χ0v) is 14.3. The maximum Gasteiger partial charge on any atom is 0.0207 e. The lowest BCUT2D eigenvalue weighted by molar-refractivity contribution is 0.746. The zero-order chi connectivity index (χ0) is 13.7.